The van der Waals surface area contributed by atoms with E-state index in [0.717, 1.165) is 12.3 Å². The van der Waals surface area contributed by atoms with E-state index in [0.29, 0.717) is 0 Å². The van der Waals surface area contributed by atoms with E-state index in [2.05, 4.69) is 95.3 Å². The van der Waals surface area contributed by atoms with Crippen molar-refractivity contribution >= 4 is 33.0 Å². The van der Waals surface area contributed by atoms with Crippen LogP contribution < -0.4 is 5.30 Å². The molecule has 3 heteroatoms. The van der Waals surface area contributed by atoms with Crippen LogP contribution in [0.3, 0.4) is 0 Å². The molecule has 122 valence electrons. The fraction of sp³-hybridized carbons (Fsp3) is 0.143. The van der Waals surface area contributed by atoms with Crippen molar-refractivity contribution in [2.24, 2.45) is 0 Å². The molecular formula is C21H23P3. The van der Waals surface area contributed by atoms with Gasteiger partial charge in [0.05, 0.1) is 0 Å². The average molecular weight is 368 g/mol. The van der Waals surface area contributed by atoms with Crippen LogP contribution in [0.15, 0.2) is 60.7 Å². The van der Waals surface area contributed by atoms with Gasteiger partial charge in [-0.25, -0.2) is 0 Å². The number of hydrogen-bond donors (Lipinski definition) is 0. The van der Waals surface area contributed by atoms with Crippen LogP contribution in [0.2, 0.25) is 0 Å². The van der Waals surface area contributed by atoms with Crippen LogP contribution in [-0.4, -0.2) is 0 Å². The molecule has 3 unspecified atom stereocenters. The topological polar surface area (TPSA) is 0 Å². The third kappa shape index (κ3) is 4.13. The van der Waals surface area contributed by atoms with Crippen LogP contribution in [0.4, 0.5) is 0 Å². The maximum absolute atomic E-state index is 2.83. The zero-order valence-corrected chi connectivity index (χ0v) is 17.4. The Morgan fingerprint density at radius 3 is 1.67 bits per heavy atom. The monoisotopic (exact) mass is 368 g/mol. The van der Waals surface area contributed by atoms with E-state index in [9.17, 15) is 0 Å². The van der Waals surface area contributed by atoms with Crippen LogP contribution >= 0.6 is 27.7 Å². The molecular weight excluding hydrogens is 345 g/mol. The first-order valence-corrected chi connectivity index (χ1v) is 10.3. The summed E-state index contributed by atoms with van der Waals surface area (Å²) >= 11 is 0. The first-order chi connectivity index (χ1) is 11.6. The van der Waals surface area contributed by atoms with Gasteiger partial charge in [0, 0.05) is 0 Å². The highest BCUT2D eigenvalue weighted by molar-refractivity contribution is 7.27. The van der Waals surface area contributed by atoms with Crippen LogP contribution in [0.5, 0.6) is 0 Å². The minimum atomic E-state index is 0.986. The second-order valence-corrected chi connectivity index (χ2v) is 7.64. The SMILES string of the molecule is Cc1cc(-c2ccc(P)cc2)cc(-c2cc(CP)cc(CP)c2)c1. The summed E-state index contributed by atoms with van der Waals surface area (Å²) in [6.45, 7) is 2.17. The first kappa shape index (κ1) is 17.8. The summed E-state index contributed by atoms with van der Waals surface area (Å²) in [5, 5.41) is 1.21. The molecule has 3 rings (SSSR count). The van der Waals surface area contributed by atoms with Crippen LogP contribution in [0.25, 0.3) is 22.3 Å². The Morgan fingerprint density at radius 1 is 0.625 bits per heavy atom. The van der Waals surface area contributed by atoms with Gasteiger partial charge in [0.15, 0.2) is 0 Å². The molecule has 0 aliphatic carbocycles. The van der Waals surface area contributed by atoms with E-state index in [1.165, 1.54) is 44.2 Å². The Balaban J connectivity index is 2.10. The Kier molecular flexibility index (Phi) is 5.84. The lowest BCUT2D eigenvalue weighted by molar-refractivity contribution is 1.33. The molecule has 0 bridgehead atoms. The molecule has 0 heterocycles. The molecule has 0 radical (unpaired) electrons. The molecule has 3 atom stereocenters. The molecule has 0 saturated heterocycles. The fourth-order valence-electron chi connectivity index (χ4n) is 2.96. The molecule has 0 aliphatic rings. The third-order valence-corrected chi connectivity index (χ3v) is 5.51. The second-order valence-electron chi connectivity index (χ2n) is 6.16. The molecule has 0 aliphatic heterocycles. The van der Waals surface area contributed by atoms with Gasteiger partial charge in [-0.1, -0.05) is 54.6 Å². The second kappa shape index (κ2) is 7.89. The van der Waals surface area contributed by atoms with Gasteiger partial charge in [-0.2, -0.15) is 0 Å². The normalized spacial score (nSPS) is 10.8. The van der Waals surface area contributed by atoms with Crippen molar-refractivity contribution in [3.8, 4) is 22.3 Å². The van der Waals surface area contributed by atoms with Crippen molar-refractivity contribution in [2.75, 3.05) is 0 Å². The van der Waals surface area contributed by atoms with Crippen molar-refractivity contribution in [2.45, 2.75) is 19.2 Å². The molecule has 0 fully saturated rings. The Hall–Kier alpha value is -1.05. The summed E-state index contributed by atoms with van der Waals surface area (Å²) < 4.78 is 0. The van der Waals surface area contributed by atoms with Gasteiger partial charge in [0.2, 0.25) is 0 Å². The summed E-state index contributed by atoms with van der Waals surface area (Å²) in [6.07, 6.45) is 1.97. The molecule has 0 amide bonds. The van der Waals surface area contributed by atoms with E-state index in [4.69, 9.17) is 0 Å². The number of hydrogen-bond acceptors (Lipinski definition) is 0. The van der Waals surface area contributed by atoms with Gasteiger partial charge in [0.25, 0.3) is 0 Å². The lowest BCUT2D eigenvalue weighted by atomic mass is 9.95. The summed E-state index contributed by atoms with van der Waals surface area (Å²) in [4.78, 5) is 0. The molecule has 24 heavy (non-hydrogen) atoms. The van der Waals surface area contributed by atoms with E-state index in [1.807, 2.05) is 0 Å². The van der Waals surface area contributed by atoms with Crippen LogP contribution in [0.1, 0.15) is 16.7 Å². The zero-order valence-electron chi connectivity index (χ0n) is 13.9. The molecule has 0 spiro atoms. The van der Waals surface area contributed by atoms with Crippen LogP contribution in [0, 0.1) is 6.92 Å². The lowest BCUT2D eigenvalue weighted by Gasteiger charge is -2.11. The first-order valence-electron chi connectivity index (χ1n) is 8.10. The predicted octanol–water partition coefficient (Wildman–Crippen LogP) is 5.58. The minimum absolute atomic E-state index is 0.986. The van der Waals surface area contributed by atoms with Gasteiger partial charge < -0.3 is 0 Å². The molecule has 3 aromatic rings. The van der Waals surface area contributed by atoms with E-state index in [1.54, 1.807) is 0 Å². The van der Waals surface area contributed by atoms with Crippen molar-refractivity contribution in [3.63, 3.8) is 0 Å². The Bertz CT molecular complexity index is 829. The zero-order chi connectivity index (χ0) is 17.1. The van der Waals surface area contributed by atoms with Crippen molar-refractivity contribution in [1.82, 2.24) is 0 Å². The maximum Gasteiger partial charge on any atom is -0.0128 e. The lowest BCUT2D eigenvalue weighted by Crippen LogP contribution is -1.91. The molecule has 0 saturated carbocycles. The number of benzene rings is 3. The quantitative estimate of drug-likeness (QED) is 0.528. The highest BCUT2D eigenvalue weighted by Gasteiger charge is 2.06. The molecule has 0 aromatic heterocycles. The highest BCUT2D eigenvalue weighted by Crippen LogP contribution is 2.30. The van der Waals surface area contributed by atoms with Gasteiger partial charge in [0.1, 0.15) is 0 Å². The standard InChI is InChI=1S/C21H23P3/c1-14-6-18(17-2-4-21(24)5-3-17)11-19(7-14)20-9-15(12-22)8-16(10-20)13-23/h2-11H,12-13,22-24H2,1H3. The maximum atomic E-state index is 2.83. The van der Waals surface area contributed by atoms with Gasteiger partial charge >= 0.3 is 0 Å². The minimum Gasteiger partial charge on any atom is -0.133 e. The molecule has 0 nitrogen and oxygen atoms in total. The molecule has 0 N–H and O–H groups in total. The predicted molar refractivity (Wildman–Crippen MR) is 118 cm³/mol. The Labute approximate surface area is 152 Å². The van der Waals surface area contributed by atoms with E-state index in [-0.39, 0.29) is 0 Å². The van der Waals surface area contributed by atoms with E-state index >= 15 is 0 Å². The largest absolute Gasteiger partial charge is 0.133 e. The van der Waals surface area contributed by atoms with Crippen molar-refractivity contribution in [3.05, 3.63) is 77.4 Å². The average Bonchev–Trinajstić information content (AvgIpc) is 2.61. The number of aryl methyl sites for hydroxylation is 1. The summed E-state index contributed by atoms with van der Waals surface area (Å²) in [5.74, 6) is 0. The van der Waals surface area contributed by atoms with Gasteiger partial charge in [-0.3, -0.25) is 0 Å². The summed E-state index contributed by atoms with van der Waals surface area (Å²) in [6, 6.07) is 22.4. The van der Waals surface area contributed by atoms with Gasteiger partial charge in [-0.05, 0) is 69.6 Å². The van der Waals surface area contributed by atoms with Crippen molar-refractivity contribution < 1.29 is 0 Å². The summed E-state index contributed by atoms with van der Waals surface area (Å²) in [5.41, 5.74) is 9.16. The van der Waals surface area contributed by atoms with Crippen LogP contribution in [-0.2, 0) is 12.3 Å². The van der Waals surface area contributed by atoms with Crippen molar-refractivity contribution in [1.29, 1.82) is 0 Å². The van der Waals surface area contributed by atoms with Gasteiger partial charge in [-0.15, -0.1) is 27.7 Å². The Morgan fingerprint density at radius 2 is 1.12 bits per heavy atom. The smallest absolute Gasteiger partial charge is 0.0128 e. The van der Waals surface area contributed by atoms with E-state index < -0.39 is 0 Å². The summed E-state index contributed by atoms with van der Waals surface area (Å²) in [7, 11) is 8.40. The third-order valence-electron chi connectivity index (χ3n) is 4.18. The highest BCUT2D eigenvalue weighted by atomic mass is 31.0. The molecule has 3 aromatic carbocycles. The fourth-order valence-corrected chi connectivity index (χ4v) is 3.62. The number of rotatable bonds is 4.